The van der Waals surface area contributed by atoms with Gasteiger partial charge in [0.2, 0.25) is 0 Å². The van der Waals surface area contributed by atoms with Crippen LogP contribution < -0.4 is 14.9 Å². The number of H-pyrrole nitrogens is 1. The number of imidazole rings is 1. The maximum absolute atomic E-state index is 11.8. The summed E-state index contributed by atoms with van der Waals surface area (Å²) in [6, 6.07) is 18.3. The molecule has 0 radical (unpaired) electrons. The molecule has 4 rings (SSSR count). The number of methoxy groups -OCH3 is 1. The number of nitrogens with zero attached hydrogens (tertiary/aromatic N) is 2. The normalized spacial score (nSPS) is 11.1. The minimum atomic E-state index is -0.384. The molecule has 0 saturated carbocycles. The summed E-state index contributed by atoms with van der Waals surface area (Å²) in [4.78, 5) is 19.6. The SMILES string of the molecule is COc1ccc(OCC(=O)N/N=C\c2ccc(Sc3nc4ccccc4[nH]3)o2)cc1. The average Bonchev–Trinajstić information content (AvgIpc) is 3.39. The van der Waals surface area contributed by atoms with Crippen molar-refractivity contribution in [2.24, 2.45) is 5.10 Å². The molecule has 30 heavy (non-hydrogen) atoms. The van der Waals surface area contributed by atoms with Gasteiger partial charge in [0.05, 0.1) is 24.4 Å². The summed E-state index contributed by atoms with van der Waals surface area (Å²) >= 11 is 1.37. The molecule has 2 heterocycles. The lowest BCUT2D eigenvalue weighted by molar-refractivity contribution is -0.123. The van der Waals surface area contributed by atoms with E-state index in [0.29, 0.717) is 22.4 Å². The summed E-state index contributed by atoms with van der Waals surface area (Å²) in [6.07, 6.45) is 1.42. The van der Waals surface area contributed by atoms with E-state index in [1.807, 2.05) is 30.3 Å². The molecule has 2 N–H and O–H groups in total. The number of furan rings is 1. The lowest BCUT2D eigenvalue weighted by Crippen LogP contribution is -2.24. The van der Waals surface area contributed by atoms with E-state index >= 15 is 0 Å². The highest BCUT2D eigenvalue weighted by Gasteiger charge is 2.08. The predicted molar refractivity (Wildman–Crippen MR) is 113 cm³/mol. The third-order valence-corrected chi connectivity index (χ3v) is 4.78. The van der Waals surface area contributed by atoms with Crippen molar-refractivity contribution >= 4 is 34.9 Å². The number of nitrogens with one attached hydrogen (secondary N) is 2. The summed E-state index contributed by atoms with van der Waals surface area (Å²) in [6.45, 7) is -0.158. The largest absolute Gasteiger partial charge is 0.497 e. The highest BCUT2D eigenvalue weighted by Crippen LogP contribution is 2.28. The molecule has 0 atom stereocenters. The van der Waals surface area contributed by atoms with Crippen LogP contribution in [0.25, 0.3) is 11.0 Å². The Hall–Kier alpha value is -3.72. The van der Waals surface area contributed by atoms with Crippen LogP contribution in [0.2, 0.25) is 0 Å². The first-order valence-electron chi connectivity index (χ1n) is 9.01. The van der Waals surface area contributed by atoms with E-state index in [9.17, 15) is 4.79 Å². The molecule has 0 unspecified atom stereocenters. The Bertz CT molecular complexity index is 1130. The lowest BCUT2D eigenvalue weighted by atomic mass is 10.3. The Morgan fingerprint density at radius 1 is 1.17 bits per heavy atom. The van der Waals surface area contributed by atoms with Gasteiger partial charge in [-0.25, -0.2) is 10.4 Å². The van der Waals surface area contributed by atoms with E-state index in [1.165, 1.54) is 18.0 Å². The van der Waals surface area contributed by atoms with Gasteiger partial charge < -0.3 is 18.9 Å². The van der Waals surface area contributed by atoms with Crippen LogP contribution in [0.3, 0.4) is 0 Å². The van der Waals surface area contributed by atoms with Crippen LogP contribution in [0, 0.1) is 0 Å². The van der Waals surface area contributed by atoms with E-state index in [4.69, 9.17) is 13.9 Å². The molecular weight excluding hydrogens is 404 g/mol. The summed E-state index contributed by atoms with van der Waals surface area (Å²) in [7, 11) is 1.58. The highest BCUT2D eigenvalue weighted by atomic mass is 32.2. The van der Waals surface area contributed by atoms with E-state index in [2.05, 4.69) is 20.5 Å². The molecule has 0 bridgehead atoms. The second kappa shape index (κ2) is 9.19. The Labute approximate surface area is 176 Å². The van der Waals surface area contributed by atoms with E-state index < -0.39 is 0 Å². The van der Waals surface area contributed by atoms with Gasteiger partial charge in [-0.3, -0.25) is 4.79 Å². The number of aromatic nitrogens is 2. The van der Waals surface area contributed by atoms with E-state index in [-0.39, 0.29) is 12.5 Å². The molecular formula is C21H18N4O4S. The number of para-hydroxylation sites is 2. The Balaban J connectivity index is 1.26. The van der Waals surface area contributed by atoms with Gasteiger partial charge in [0.25, 0.3) is 5.91 Å². The Morgan fingerprint density at radius 3 is 2.77 bits per heavy atom. The molecule has 0 spiro atoms. The first-order valence-corrected chi connectivity index (χ1v) is 9.82. The molecule has 0 aliphatic rings. The zero-order chi connectivity index (χ0) is 20.8. The number of fused-ring (bicyclic) bond motifs is 1. The van der Waals surface area contributed by atoms with Crippen molar-refractivity contribution in [2.45, 2.75) is 10.2 Å². The van der Waals surface area contributed by atoms with Crippen LogP contribution in [-0.4, -0.2) is 35.8 Å². The van der Waals surface area contributed by atoms with E-state index in [0.717, 1.165) is 16.2 Å². The third kappa shape index (κ3) is 5.00. The van der Waals surface area contributed by atoms with Crippen molar-refractivity contribution in [1.29, 1.82) is 0 Å². The molecule has 8 nitrogen and oxygen atoms in total. The molecule has 4 aromatic rings. The number of rotatable bonds is 8. The number of benzene rings is 2. The van der Waals surface area contributed by atoms with Gasteiger partial charge in [0, 0.05) is 0 Å². The van der Waals surface area contributed by atoms with Gasteiger partial charge >= 0.3 is 0 Å². The van der Waals surface area contributed by atoms with Crippen LogP contribution in [0.5, 0.6) is 11.5 Å². The number of hydrogen-bond donors (Lipinski definition) is 2. The van der Waals surface area contributed by atoms with Gasteiger partial charge in [-0.1, -0.05) is 12.1 Å². The summed E-state index contributed by atoms with van der Waals surface area (Å²) < 4.78 is 16.1. The number of hydrogen-bond acceptors (Lipinski definition) is 7. The zero-order valence-corrected chi connectivity index (χ0v) is 16.8. The number of amides is 1. The second-order valence-electron chi connectivity index (χ2n) is 6.08. The molecule has 2 aromatic carbocycles. The first-order chi connectivity index (χ1) is 14.7. The van der Waals surface area contributed by atoms with Crippen LogP contribution >= 0.6 is 11.8 Å². The summed E-state index contributed by atoms with van der Waals surface area (Å²) in [5.74, 6) is 1.40. The zero-order valence-electron chi connectivity index (χ0n) is 16.0. The fourth-order valence-electron chi connectivity index (χ4n) is 2.55. The van der Waals surface area contributed by atoms with Crippen LogP contribution in [-0.2, 0) is 4.79 Å². The van der Waals surface area contributed by atoms with Crippen molar-refractivity contribution in [1.82, 2.24) is 15.4 Å². The molecule has 0 saturated heterocycles. The highest BCUT2D eigenvalue weighted by molar-refractivity contribution is 7.99. The minimum absolute atomic E-state index is 0.158. The van der Waals surface area contributed by atoms with Crippen LogP contribution in [0.4, 0.5) is 0 Å². The van der Waals surface area contributed by atoms with Gasteiger partial charge in [0.1, 0.15) is 17.3 Å². The molecule has 0 aliphatic heterocycles. The van der Waals surface area contributed by atoms with E-state index in [1.54, 1.807) is 37.4 Å². The Kier molecular flexibility index (Phi) is 6.00. The van der Waals surface area contributed by atoms with Crippen molar-refractivity contribution in [2.75, 3.05) is 13.7 Å². The second-order valence-corrected chi connectivity index (χ2v) is 7.07. The van der Waals surface area contributed by atoms with Crippen molar-refractivity contribution in [3.63, 3.8) is 0 Å². The fraction of sp³-hybridized carbons (Fsp3) is 0.0952. The molecule has 1 amide bonds. The number of carbonyl (C=O) groups excluding carboxylic acids is 1. The molecule has 152 valence electrons. The number of aromatic amines is 1. The summed E-state index contributed by atoms with van der Waals surface area (Å²) in [5.41, 5.74) is 4.26. The fourth-order valence-corrected chi connectivity index (χ4v) is 3.32. The molecule has 9 heteroatoms. The number of carbonyl (C=O) groups is 1. The smallest absolute Gasteiger partial charge is 0.277 e. The topological polar surface area (TPSA) is 102 Å². The average molecular weight is 422 g/mol. The predicted octanol–water partition coefficient (Wildman–Crippen LogP) is 3.84. The van der Waals surface area contributed by atoms with Gasteiger partial charge in [-0.2, -0.15) is 5.10 Å². The first kappa shape index (κ1) is 19.6. The Morgan fingerprint density at radius 2 is 1.97 bits per heavy atom. The quantitative estimate of drug-likeness (QED) is 0.330. The summed E-state index contributed by atoms with van der Waals surface area (Å²) in [5, 5.41) is 5.28. The van der Waals surface area contributed by atoms with Gasteiger partial charge in [0.15, 0.2) is 16.9 Å². The number of hydrazone groups is 1. The lowest BCUT2D eigenvalue weighted by Gasteiger charge is -2.05. The van der Waals surface area contributed by atoms with Gasteiger partial charge in [-0.15, -0.1) is 0 Å². The molecule has 0 fully saturated rings. The maximum atomic E-state index is 11.8. The van der Waals surface area contributed by atoms with Gasteiger partial charge in [-0.05, 0) is 60.3 Å². The minimum Gasteiger partial charge on any atom is -0.497 e. The molecule has 2 aromatic heterocycles. The van der Waals surface area contributed by atoms with Crippen LogP contribution in [0.1, 0.15) is 5.76 Å². The standard InChI is InChI=1S/C21H18N4O4S/c1-27-14-6-8-15(9-7-14)28-13-19(26)25-22-12-16-10-11-20(29-16)30-21-23-17-4-2-3-5-18(17)24-21/h2-12H,13H2,1H3,(H,23,24)(H,25,26)/b22-12-. The van der Waals surface area contributed by atoms with Crippen molar-refractivity contribution in [3.8, 4) is 11.5 Å². The van der Waals surface area contributed by atoms with Crippen LogP contribution in [0.15, 0.2) is 80.4 Å². The maximum Gasteiger partial charge on any atom is 0.277 e. The number of ether oxygens (including phenoxy) is 2. The van der Waals surface area contributed by atoms with Crippen molar-refractivity contribution in [3.05, 3.63) is 66.4 Å². The third-order valence-electron chi connectivity index (χ3n) is 3.98. The monoisotopic (exact) mass is 422 g/mol. The molecule has 0 aliphatic carbocycles. The van der Waals surface area contributed by atoms with Crippen molar-refractivity contribution < 1.29 is 18.7 Å².